The number of carbonyl (C=O) groups is 1. The van der Waals surface area contributed by atoms with Crippen molar-refractivity contribution in [2.24, 2.45) is 0 Å². The molecule has 2 heterocycles. The fourth-order valence-electron chi connectivity index (χ4n) is 2.32. The number of aromatic nitrogens is 1. The molecule has 5 nitrogen and oxygen atoms in total. The lowest BCUT2D eigenvalue weighted by Gasteiger charge is -2.40. The van der Waals surface area contributed by atoms with Gasteiger partial charge in [0.15, 0.2) is 0 Å². The maximum atomic E-state index is 12.3. The van der Waals surface area contributed by atoms with Crippen molar-refractivity contribution in [1.29, 1.82) is 5.26 Å². The summed E-state index contributed by atoms with van der Waals surface area (Å²) in [5, 5.41) is 9.14. The first-order valence-electron chi connectivity index (χ1n) is 6.82. The Labute approximate surface area is 119 Å². The predicted molar refractivity (Wildman–Crippen MR) is 76.1 cm³/mol. The summed E-state index contributed by atoms with van der Waals surface area (Å²) >= 11 is 0. The zero-order chi connectivity index (χ0) is 14.8. The third-order valence-corrected chi connectivity index (χ3v) is 3.79. The van der Waals surface area contributed by atoms with Gasteiger partial charge in [-0.3, -0.25) is 14.7 Å². The van der Waals surface area contributed by atoms with Crippen molar-refractivity contribution in [2.75, 3.05) is 26.2 Å². The number of aryl methyl sites for hydroxylation is 1. The second kappa shape index (κ2) is 5.59. The third-order valence-electron chi connectivity index (χ3n) is 3.79. The summed E-state index contributed by atoms with van der Waals surface area (Å²) in [6.07, 6.45) is 1.63. The third kappa shape index (κ3) is 2.97. The van der Waals surface area contributed by atoms with Crippen LogP contribution in [-0.2, 0) is 0 Å². The molecule has 0 atom stereocenters. The number of amides is 1. The average molecular weight is 272 g/mol. The van der Waals surface area contributed by atoms with E-state index < -0.39 is 5.54 Å². The second-order valence-corrected chi connectivity index (χ2v) is 5.64. The van der Waals surface area contributed by atoms with Gasteiger partial charge in [0.2, 0.25) is 0 Å². The molecule has 1 aliphatic heterocycles. The van der Waals surface area contributed by atoms with E-state index >= 15 is 0 Å². The van der Waals surface area contributed by atoms with Crippen LogP contribution in [-0.4, -0.2) is 52.4 Å². The molecule has 0 aliphatic carbocycles. The number of nitriles is 1. The molecule has 1 aliphatic rings. The fourth-order valence-corrected chi connectivity index (χ4v) is 2.32. The number of pyridine rings is 1. The lowest BCUT2D eigenvalue weighted by molar-refractivity contribution is 0.0520. The molecule has 5 heteroatoms. The van der Waals surface area contributed by atoms with E-state index in [-0.39, 0.29) is 5.91 Å². The highest BCUT2D eigenvalue weighted by atomic mass is 16.2. The monoisotopic (exact) mass is 272 g/mol. The molecule has 1 fully saturated rings. The molecule has 1 aromatic rings. The predicted octanol–water partition coefficient (Wildman–Crippen LogP) is 1.45. The summed E-state index contributed by atoms with van der Waals surface area (Å²) < 4.78 is 0. The van der Waals surface area contributed by atoms with E-state index in [1.807, 2.05) is 37.8 Å². The highest BCUT2D eigenvalue weighted by Gasteiger charge is 2.31. The summed E-state index contributed by atoms with van der Waals surface area (Å²) in [5.74, 6) is 0.0203. The van der Waals surface area contributed by atoms with Crippen LogP contribution in [0.1, 0.15) is 29.9 Å². The zero-order valence-electron chi connectivity index (χ0n) is 12.3. The first-order valence-corrected chi connectivity index (χ1v) is 6.82. The highest BCUT2D eigenvalue weighted by molar-refractivity contribution is 5.94. The minimum Gasteiger partial charge on any atom is -0.336 e. The molecular weight excluding hydrogens is 252 g/mol. The standard InChI is InChI=1S/C15H20N4O/c1-12-4-5-13(10-17-12)14(20)18-6-8-19(9-7-18)15(2,3)11-16/h4-5,10H,6-9H2,1-3H3. The number of carbonyl (C=O) groups excluding carboxylic acids is 1. The van der Waals surface area contributed by atoms with E-state index in [0.717, 1.165) is 18.8 Å². The van der Waals surface area contributed by atoms with Gasteiger partial charge in [-0.05, 0) is 32.9 Å². The Morgan fingerprint density at radius 1 is 1.30 bits per heavy atom. The lowest BCUT2D eigenvalue weighted by atomic mass is 10.0. The van der Waals surface area contributed by atoms with Gasteiger partial charge >= 0.3 is 0 Å². The summed E-state index contributed by atoms with van der Waals surface area (Å²) in [4.78, 5) is 20.4. The van der Waals surface area contributed by atoms with Crippen molar-refractivity contribution in [3.05, 3.63) is 29.6 Å². The zero-order valence-corrected chi connectivity index (χ0v) is 12.3. The molecule has 0 aromatic carbocycles. The Kier molecular flexibility index (Phi) is 4.05. The van der Waals surface area contributed by atoms with Crippen LogP contribution < -0.4 is 0 Å². The van der Waals surface area contributed by atoms with E-state index in [9.17, 15) is 4.79 Å². The van der Waals surface area contributed by atoms with Gasteiger partial charge in [-0.15, -0.1) is 0 Å². The van der Waals surface area contributed by atoms with Crippen LogP contribution in [0.25, 0.3) is 0 Å². The van der Waals surface area contributed by atoms with Gasteiger partial charge in [0.1, 0.15) is 5.54 Å². The normalized spacial score (nSPS) is 16.8. The smallest absolute Gasteiger partial charge is 0.255 e. The highest BCUT2D eigenvalue weighted by Crippen LogP contribution is 2.17. The molecule has 0 spiro atoms. The Morgan fingerprint density at radius 3 is 2.45 bits per heavy atom. The topological polar surface area (TPSA) is 60.2 Å². The van der Waals surface area contributed by atoms with Gasteiger partial charge in [-0.2, -0.15) is 5.26 Å². The number of nitrogens with zero attached hydrogens (tertiary/aromatic N) is 4. The molecule has 0 saturated carbocycles. The van der Waals surface area contributed by atoms with E-state index in [1.165, 1.54) is 0 Å². The first kappa shape index (κ1) is 14.5. The van der Waals surface area contributed by atoms with Crippen molar-refractivity contribution in [3.8, 4) is 6.07 Å². The summed E-state index contributed by atoms with van der Waals surface area (Å²) in [7, 11) is 0. The Balaban J connectivity index is 1.99. The van der Waals surface area contributed by atoms with Crippen molar-refractivity contribution in [1.82, 2.24) is 14.8 Å². The number of hydrogen-bond donors (Lipinski definition) is 0. The average Bonchev–Trinajstić information content (AvgIpc) is 2.47. The Morgan fingerprint density at radius 2 is 1.95 bits per heavy atom. The minimum atomic E-state index is -0.472. The number of hydrogen-bond acceptors (Lipinski definition) is 4. The molecule has 1 aromatic heterocycles. The van der Waals surface area contributed by atoms with Crippen molar-refractivity contribution in [3.63, 3.8) is 0 Å². The maximum absolute atomic E-state index is 12.3. The number of piperazine rings is 1. The Bertz CT molecular complexity index is 522. The van der Waals surface area contributed by atoms with E-state index in [4.69, 9.17) is 5.26 Å². The van der Waals surface area contributed by atoms with Crippen LogP contribution in [0, 0.1) is 18.3 Å². The quantitative estimate of drug-likeness (QED) is 0.817. The van der Waals surface area contributed by atoms with E-state index in [0.29, 0.717) is 18.7 Å². The molecule has 0 N–H and O–H groups in total. The molecule has 0 bridgehead atoms. The van der Waals surface area contributed by atoms with Gasteiger partial charge in [-0.1, -0.05) is 0 Å². The van der Waals surface area contributed by atoms with Crippen LogP contribution in [0.15, 0.2) is 18.3 Å². The van der Waals surface area contributed by atoms with Crippen molar-refractivity contribution < 1.29 is 4.79 Å². The van der Waals surface area contributed by atoms with Gasteiger partial charge in [0, 0.05) is 38.1 Å². The molecule has 20 heavy (non-hydrogen) atoms. The van der Waals surface area contributed by atoms with Gasteiger partial charge < -0.3 is 4.90 Å². The molecule has 106 valence electrons. The van der Waals surface area contributed by atoms with Crippen molar-refractivity contribution >= 4 is 5.91 Å². The SMILES string of the molecule is Cc1ccc(C(=O)N2CCN(C(C)(C)C#N)CC2)cn1. The van der Waals surface area contributed by atoms with E-state index in [2.05, 4.69) is 16.0 Å². The molecule has 0 unspecified atom stereocenters. The molecule has 1 saturated heterocycles. The first-order chi connectivity index (χ1) is 9.44. The molecule has 0 radical (unpaired) electrons. The molecular formula is C15H20N4O. The van der Waals surface area contributed by atoms with Gasteiger partial charge in [-0.25, -0.2) is 0 Å². The van der Waals surface area contributed by atoms with Crippen LogP contribution in [0.3, 0.4) is 0 Å². The number of rotatable bonds is 2. The summed E-state index contributed by atoms with van der Waals surface area (Å²) in [5.41, 5.74) is 1.06. The largest absolute Gasteiger partial charge is 0.336 e. The summed E-state index contributed by atoms with van der Waals surface area (Å²) in [6.45, 7) is 8.48. The maximum Gasteiger partial charge on any atom is 0.255 e. The molecule has 1 amide bonds. The van der Waals surface area contributed by atoms with Crippen LogP contribution >= 0.6 is 0 Å². The second-order valence-electron chi connectivity index (χ2n) is 5.64. The Hall–Kier alpha value is -1.93. The van der Waals surface area contributed by atoms with Gasteiger partial charge in [0.05, 0.1) is 11.6 Å². The fraction of sp³-hybridized carbons (Fsp3) is 0.533. The van der Waals surface area contributed by atoms with Gasteiger partial charge in [0.25, 0.3) is 5.91 Å². The summed E-state index contributed by atoms with van der Waals surface area (Å²) in [6, 6.07) is 5.97. The lowest BCUT2D eigenvalue weighted by Crippen LogP contribution is -2.55. The van der Waals surface area contributed by atoms with E-state index in [1.54, 1.807) is 6.20 Å². The van der Waals surface area contributed by atoms with Crippen LogP contribution in [0.4, 0.5) is 0 Å². The van der Waals surface area contributed by atoms with Crippen molar-refractivity contribution in [2.45, 2.75) is 26.3 Å². The minimum absolute atomic E-state index is 0.0203. The van der Waals surface area contributed by atoms with Crippen LogP contribution in [0.5, 0.6) is 0 Å². The molecule has 2 rings (SSSR count). The van der Waals surface area contributed by atoms with Crippen LogP contribution in [0.2, 0.25) is 0 Å².